The zero-order valence-electron chi connectivity index (χ0n) is 15.8. The summed E-state index contributed by atoms with van der Waals surface area (Å²) in [4.78, 5) is 23.8. The minimum Gasteiger partial charge on any atom is -0.455 e. The summed E-state index contributed by atoms with van der Waals surface area (Å²) in [7, 11) is 0. The van der Waals surface area contributed by atoms with E-state index in [2.05, 4.69) is 0 Å². The van der Waals surface area contributed by atoms with Crippen molar-refractivity contribution in [3.05, 3.63) is 48.1 Å². The molecule has 0 heterocycles. The third-order valence-corrected chi connectivity index (χ3v) is 5.64. The zero-order chi connectivity index (χ0) is 19.5. The van der Waals surface area contributed by atoms with Gasteiger partial charge in [0.05, 0.1) is 6.10 Å². The van der Waals surface area contributed by atoms with Crippen molar-refractivity contribution in [2.24, 2.45) is 17.3 Å². The minimum atomic E-state index is -1.00. The van der Waals surface area contributed by atoms with E-state index in [0.29, 0.717) is 6.42 Å². The molecular formula is C21H28O5. The molecule has 0 aromatic heterocycles. The number of carbonyl (C=O) groups excluding carboxylic acids is 2. The van der Waals surface area contributed by atoms with Gasteiger partial charge in [-0.3, -0.25) is 4.79 Å². The van der Waals surface area contributed by atoms with Crippen LogP contribution in [0.3, 0.4) is 0 Å². The molecule has 0 fully saturated rings. The van der Waals surface area contributed by atoms with Crippen LogP contribution >= 0.6 is 0 Å². The molecule has 142 valence electrons. The summed E-state index contributed by atoms with van der Waals surface area (Å²) in [5.41, 5.74) is 0.460. The van der Waals surface area contributed by atoms with Gasteiger partial charge in [-0.15, -0.1) is 0 Å². The summed E-state index contributed by atoms with van der Waals surface area (Å²) in [5.74, 6) is -0.789. The standard InChI is InChI=1S/C21H28O5/c1-13(15(3)22)7-5-6-8-20(25)26-19-10-9-16-11-17(23)18(24)12-21(16,4)14(19)2/h5-11,13-15,18-19,22,24H,12H2,1-4H3/b7-5+,8-6+/t13-,14-,15-,18+,19-,21+/m0/s1. The average molecular weight is 360 g/mol. The van der Waals surface area contributed by atoms with Gasteiger partial charge in [-0.05, 0) is 37.0 Å². The van der Waals surface area contributed by atoms with Gasteiger partial charge in [0.25, 0.3) is 0 Å². The SMILES string of the molecule is C[C@H](O)[C@@H](C)/C=C/C=C/C(=O)O[C@H]1C=CC2=CC(=O)[C@H](O)C[C@]2(C)[C@H]1C. The number of aliphatic hydroxyl groups is 2. The van der Waals surface area contributed by atoms with E-state index >= 15 is 0 Å². The molecule has 0 aromatic rings. The molecule has 0 bridgehead atoms. The molecule has 0 aliphatic heterocycles. The average Bonchev–Trinajstić information content (AvgIpc) is 2.57. The Morgan fingerprint density at radius 3 is 2.73 bits per heavy atom. The highest BCUT2D eigenvalue weighted by molar-refractivity contribution is 5.96. The van der Waals surface area contributed by atoms with Gasteiger partial charge in [0.1, 0.15) is 12.2 Å². The number of fused-ring (bicyclic) bond motifs is 1. The van der Waals surface area contributed by atoms with E-state index in [4.69, 9.17) is 4.74 Å². The highest BCUT2D eigenvalue weighted by Gasteiger charge is 2.46. The molecule has 0 unspecified atom stereocenters. The van der Waals surface area contributed by atoms with E-state index in [1.807, 2.05) is 32.9 Å². The molecule has 0 radical (unpaired) electrons. The Morgan fingerprint density at radius 2 is 2.08 bits per heavy atom. The molecule has 0 aromatic carbocycles. The van der Waals surface area contributed by atoms with Gasteiger partial charge in [0.15, 0.2) is 5.78 Å². The number of allylic oxidation sites excluding steroid dienone is 4. The van der Waals surface area contributed by atoms with Crippen molar-refractivity contribution in [1.82, 2.24) is 0 Å². The second-order valence-electron chi connectivity index (χ2n) is 7.53. The van der Waals surface area contributed by atoms with E-state index in [9.17, 15) is 19.8 Å². The molecule has 2 rings (SSSR count). The maximum Gasteiger partial charge on any atom is 0.331 e. The van der Waals surface area contributed by atoms with E-state index in [-0.39, 0.29) is 17.6 Å². The summed E-state index contributed by atoms with van der Waals surface area (Å²) < 4.78 is 5.54. The van der Waals surface area contributed by atoms with Crippen LogP contribution < -0.4 is 0 Å². The van der Waals surface area contributed by atoms with Gasteiger partial charge in [0.2, 0.25) is 0 Å². The molecule has 26 heavy (non-hydrogen) atoms. The van der Waals surface area contributed by atoms with E-state index in [1.54, 1.807) is 25.2 Å². The molecule has 2 N–H and O–H groups in total. The summed E-state index contributed by atoms with van der Waals surface area (Å²) in [6, 6.07) is 0. The molecule has 6 atom stereocenters. The molecule has 0 amide bonds. The van der Waals surface area contributed by atoms with Crippen molar-refractivity contribution in [3.8, 4) is 0 Å². The first-order valence-corrected chi connectivity index (χ1v) is 9.01. The van der Waals surface area contributed by atoms with Gasteiger partial charge in [-0.1, -0.05) is 45.1 Å². The smallest absolute Gasteiger partial charge is 0.331 e. The van der Waals surface area contributed by atoms with Crippen LogP contribution in [-0.4, -0.2) is 40.3 Å². The van der Waals surface area contributed by atoms with Crippen LogP contribution in [0.4, 0.5) is 0 Å². The van der Waals surface area contributed by atoms with Crippen LogP contribution in [0.5, 0.6) is 0 Å². The largest absolute Gasteiger partial charge is 0.455 e. The predicted molar refractivity (Wildman–Crippen MR) is 99.1 cm³/mol. The molecule has 5 nitrogen and oxygen atoms in total. The van der Waals surface area contributed by atoms with Crippen LogP contribution in [0, 0.1) is 17.3 Å². The van der Waals surface area contributed by atoms with E-state index < -0.39 is 29.7 Å². The first kappa shape index (κ1) is 20.3. The maximum absolute atomic E-state index is 12.1. The molecule has 0 saturated heterocycles. The van der Waals surface area contributed by atoms with E-state index in [0.717, 1.165) is 5.57 Å². The second-order valence-corrected chi connectivity index (χ2v) is 7.53. The number of rotatable bonds is 5. The Kier molecular flexibility index (Phi) is 6.37. The molecule has 0 spiro atoms. The zero-order valence-corrected chi connectivity index (χ0v) is 15.8. The fraction of sp³-hybridized carbons (Fsp3) is 0.524. The van der Waals surface area contributed by atoms with Crippen molar-refractivity contribution in [2.45, 2.75) is 52.4 Å². The summed E-state index contributed by atoms with van der Waals surface area (Å²) in [6.45, 7) is 7.55. The monoisotopic (exact) mass is 360 g/mol. The molecule has 2 aliphatic rings. The first-order chi connectivity index (χ1) is 12.1. The Labute approximate surface area is 154 Å². The molecule has 0 saturated carbocycles. The fourth-order valence-corrected chi connectivity index (χ4v) is 3.30. The third-order valence-electron chi connectivity index (χ3n) is 5.64. The van der Waals surface area contributed by atoms with Crippen molar-refractivity contribution in [3.63, 3.8) is 0 Å². The maximum atomic E-state index is 12.1. The van der Waals surface area contributed by atoms with Crippen LogP contribution in [0.15, 0.2) is 48.1 Å². The number of hydrogen-bond donors (Lipinski definition) is 2. The lowest BCUT2D eigenvalue weighted by molar-refractivity contribution is -0.145. The van der Waals surface area contributed by atoms with Crippen molar-refractivity contribution < 1.29 is 24.5 Å². The normalized spacial score (nSPS) is 33.8. The number of carbonyl (C=O) groups is 2. The second kappa shape index (κ2) is 8.14. The highest BCUT2D eigenvalue weighted by Crippen LogP contribution is 2.48. The van der Waals surface area contributed by atoms with Crippen LogP contribution in [0.1, 0.15) is 34.1 Å². The van der Waals surface area contributed by atoms with Crippen molar-refractivity contribution >= 4 is 11.8 Å². The Hall–Kier alpha value is -1.98. The number of hydrogen-bond acceptors (Lipinski definition) is 5. The van der Waals surface area contributed by atoms with Crippen molar-refractivity contribution in [2.75, 3.05) is 0 Å². The fourth-order valence-electron chi connectivity index (χ4n) is 3.30. The molecule has 5 heteroatoms. The van der Waals surface area contributed by atoms with Gasteiger partial charge in [-0.2, -0.15) is 0 Å². The Morgan fingerprint density at radius 1 is 1.38 bits per heavy atom. The summed E-state index contributed by atoms with van der Waals surface area (Å²) in [5, 5.41) is 19.3. The van der Waals surface area contributed by atoms with Gasteiger partial charge in [-0.25, -0.2) is 4.79 Å². The quantitative estimate of drug-likeness (QED) is 0.447. The predicted octanol–water partition coefficient (Wildman–Crippen LogP) is 2.50. The number of esters is 1. The summed E-state index contributed by atoms with van der Waals surface area (Å²) >= 11 is 0. The Bertz CT molecular complexity index is 670. The van der Waals surface area contributed by atoms with Crippen LogP contribution in [-0.2, 0) is 14.3 Å². The Balaban J connectivity index is 2.03. The lowest BCUT2D eigenvalue weighted by Gasteiger charge is -2.45. The third kappa shape index (κ3) is 4.40. The minimum absolute atomic E-state index is 0.00238. The molecule has 2 aliphatic carbocycles. The summed E-state index contributed by atoms with van der Waals surface area (Å²) in [6.07, 6.45) is 10.0. The van der Waals surface area contributed by atoms with Gasteiger partial charge in [0, 0.05) is 17.4 Å². The number of aliphatic hydroxyl groups excluding tert-OH is 2. The first-order valence-electron chi connectivity index (χ1n) is 9.01. The van der Waals surface area contributed by atoms with Gasteiger partial charge >= 0.3 is 5.97 Å². The molecular weight excluding hydrogens is 332 g/mol. The van der Waals surface area contributed by atoms with Crippen molar-refractivity contribution in [1.29, 1.82) is 0 Å². The number of ketones is 1. The van der Waals surface area contributed by atoms with E-state index in [1.165, 1.54) is 12.2 Å². The number of ether oxygens (including phenoxy) is 1. The lowest BCUT2D eigenvalue weighted by Crippen LogP contribution is -2.45. The van der Waals surface area contributed by atoms with Crippen LogP contribution in [0.2, 0.25) is 0 Å². The highest BCUT2D eigenvalue weighted by atomic mass is 16.5. The van der Waals surface area contributed by atoms with Gasteiger partial charge < -0.3 is 14.9 Å². The topological polar surface area (TPSA) is 83.8 Å². The van der Waals surface area contributed by atoms with Crippen LogP contribution in [0.25, 0.3) is 0 Å². The lowest BCUT2D eigenvalue weighted by atomic mass is 9.61.